The van der Waals surface area contributed by atoms with Crippen molar-refractivity contribution < 1.29 is 14.3 Å². The van der Waals surface area contributed by atoms with Gasteiger partial charge in [0.1, 0.15) is 12.4 Å². The van der Waals surface area contributed by atoms with Gasteiger partial charge in [-0.3, -0.25) is 9.59 Å². The lowest BCUT2D eigenvalue weighted by Crippen LogP contribution is -2.20. The Morgan fingerprint density at radius 1 is 1.19 bits per heavy atom. The predicted octanol–water partition coefficient (Wildman–Crippen LogP) is 3.67. The monoisotopic (exact) mass is 368 g/mol. The van der Waals surface area contributed by atoms with E-state index in [9.17, 15) is 9.59 Å². The molecule has 0 fully saturated rings. The third-order valence-corrected chi connectivity index (χ3v) is 4.05. The normalized spacial score (nSPS) is 12.8. The maximum atomic E-state index is 12.2. The van der Waals surface area contributed by atoms with Crippen molar-refractivity contribution >= 4 is 35.2 Å². The molecule has 5 nitrogen and oxygen atoms in total. The van der Waals surface area contributed by atoms with Crippen LogP contribution in [0.5, 0.6) is 5.75 Å². The summed E-state index contributed by atoms with van der Waals surface area (Å²) in [6.45, 7) is 0.368. The van der Waals surface area contributed by atoms with Crippen molar-refractivity contribution in [1.82, 2.24) is 5.32 Å². The Kier molecular flexibility index (Phi) is 5.39. The molecule has 132 valence electrons. The molecule has 0 spiro atoms. The highest BCUT2D eigenvalue weighted by Crippen LogP contribution is 2.29. The Morgan fingerprint density at radius 3 is 2.81 bits per heavy atom. The Morgan fingerprint density at radius 2 is 2.00 bits per heavy atom. The highest BCUT2D eigenvalue weighted by atomic mass is 35.5. The van der Waals surface area contributed by atoms with Gasteiger partial charge in [0, 0.05) is 23.7 Å². The molecule has 0 atom stereocenters. The number of para-hydroxylation sites is 1. The van der Waals surface area contributed by atoms with Crippen molar-refractivity contribution in [3.8, 4) is 5.75 Å². The van der Waals surface area contributed by atoms with E-state index in [4.69, 9.17) is 16.3 Å². The minimum Gasteiger partial charge on any atom is -0.488 e. The van der Waals surface area contributed by atoms with Crippen molar-refractivity contribution in [3.05, 3.63) is 76.3 Å². The van der Waals surface area contributed by atoms with Gasteiger partial charge in [-0.15, -0.1) is 0 Å². The highest BCUT2D eigenvalue weighted by molar-refractivity contribution is 6.30. The van der Waals surface area contributed by atoms with Crippen molar-refractivity contribution in [1.29, 1.82) is 0 Å². The lowest BCUT2D eigenvalue weighted by molar-refractivity contribution is -0.111. The van der Waals surface area contributed by atoms with E-state index < -0.39 is 0 Å². The number of anilines is 1. The number of amides is 2. The number of ether oxygens (including phenoxy) is 1. The summed E-state index contributed by atoms with van der Waals surface area (Å²) in [7, 11) is 1.54. The van der Waals surface area contributed by atoms with Crippen LogP contribution in [0.15, 0.2) is 60.2 Å². The number of fused-ring (bicyclic) bond motifs is 1. The van der Waals surface area contributed by atoms with Gasteiger partial charge >= 0.3 is 0 Å². The summed E-state index contributed by atoms with van der Waals surface area (Å²) in [5, 5.41) is 5.89. The third kappa shape index (κ3) is 4.13. The summed E-state index contributed by atoms with van der Waals surface area (Å²) < 4.78 is 5.64. The van der Waals surface area contributed by atoms with Gasteiger partial charge in [-0.1, -0.05) is 29.8 Å². The second kappa shape index (κ2) is 7.89. The van der Waals surface area contributed by atoms with Crippen LogP contribution >= 0.6 is 11.6 Å². The molecular formula is C20H17ClN2O3. The minimum absolute atomic E-state index is 0.262. The number of carbonyl (C=O) groups excluding carboxylic acids is 2. The molecule has 0 saturated heterocycles. The molecule has 1 heterocycles. The summed E-state index contributed by atoms with van der Waals surface area (Å²) >= 11 is 5.99. The van der Waals surface area contributed by atoms with Crippen LogP contribution < -0.4 is 15.4 Å². The number of benzene rings is 2. The van der Waals surface area contributed by atoms with Crippen molar-refractivity contribution in [2.24, 2.45) is 0 Å². The molecule has 1 aliphatic heterocycles. The maximum absolute atomic E-state index is 12.2. The molecule has 6 heteroatoms. The smallest absolute Gasteiger partial charge is 0.253 e. The molecule has 2 aromatic rings. The van der Waals surface area contributed by atoms with E-state index in [2.05, 4.69) is 10.6 Å². The molecular weight excluding hydrogens is 352 g/mol. The average molecular weight is 369 g/mol. The number of carbonyl (C=O) groups is 2. The van der Waals surface area contributed by atoms with Crippen LogP contribution in [0.3, 0.4) is 0 Å². The van der Waals surface area contributed by atoms with Gasteiger partial charge in [0.05, 0.1) is 11.3 Å². The van der Waals surface area contributed by atoms with Gasteiger partial charge in [-0.2, -0.15) is 0 Å². The zero-order valence-corrected chi connectivity index (χ0v) is 14.8. The quantitative estimate of drug-likeness (QED) is 0.809. The van der Waals surface area contributed by atoms with Crippen molar-refractivity contribution in [2.75, 3.05) is 19.0 Å². The van der Waals surface area contributed by atoms with E-state index in [1.54, 1.807) is 43.5 Å². The number of nitrogens with one attached hydrogen (secondary N) is 2. The molecule has 2 amide bonds. The minimum atomic E-state index is -0.334. The molecule has 2 N–H and O–H groups in total. The molecule has 1 aliphatic rings. The van der Waals surface area contributed by atoms with Gasteiger partial charge in [-0.25, -0.2) is 0 Å². The Bertz CT molecular complexity index is 919. The summed E-state index contributed by atoms with van der Waals surface area (Å²) in [5.74, 6) is 0.163. The van der Waals surface area contributed by atoms with Gasteiger partial charge in [0.25, 0.3) is 5.91 Å². The van der Waals surface area contributed by atoms with Crippen LogP contribution in [-0.2, 0) is 4.79 Å². The van der Waals surface area contributed by atoms with Gasteiger partial charge in [-0.05, 0) is 42.0 Å². The summed E-state index contributed by atoms with van der Waals surface area (Å²) in [6, 6.07) is 12.2. The van der Waals surface area contributed by atoms with Gasteiger partial charge < -0.3 is 15.4 Å². The van der Waals surface area contributed by atoms with E-state index >= 15 is 0 Å². The summed E-state index contributed by atoms with van der Waals surface area (Å²) in [5.41, 5.74) is 2.57. The molecule has 0 radical (unpaired) electrons. The summed E-state index contributed by atoms with van der Waals surface area (Å²) in [4.78, 5) is 24.0. The maximum Gasteiger partial charge on any atom is 0.253 e. The lowest BCUT2D eigenvalue weighted by Gasteiger charge is -2.16. The first kappa shape index (κ1) is 17.8. The second-order valence-corrected chi connectivity index (χ2v) is 6.07. The van der Waals surface area contributed by atoms with E-state index in [-0.39, 0.29) is 11.8 Å². The first-order valence-corrected chi connectivity index (χ1v) is 8.37. The van der Waals surface area contributed by atoms with Crippen LogP contribution in [0.1, 0.15) is 15.9 Å². The van der Waals surface area contributed by atoms with Crippen molar-refractivity contribution in [2.45, 2.75) is 0 Å². The van der Waals surface area contributed by atoms with E-state index in [0.29, 0.717) is 22.9 Å². The van der Waals surface area contributed by atoms with Crippen LogP contribution in [0.25, 0.3) is 6.08 Å². The zero-order chi connectivity index (χ0) is 18.5. The Labute approximate surface area is 156 Å². The fourth-order valence-electron chi connectivity index (χ4n) is 2.54. The first-order chi connectivity index (χ1) is 12.6. The molecule has 0 bridgehead atoms. The standard InChI is InChI=1S/C20H17ClN2O3/c1-22-20(25)16-4-2-3-5-17(16)23-19(24)9-6-13-10-14-11-15(21)7-8-18(14)26-12-13/h2-11H,12H2,1H3,(H,22,25)(H,23,24)/b9-6+. The van der Waals surface area contributed by atoms with Crippen LogP contribution in [-0.4, -0.2) is 25.5 Å². The number of hydrogen-bond acceptors (Lipinski definition) is 3. The molecule has 0 saturated carbocycles. The third-order valence-electron chi connectivity index (χ3n) is 3.81. The summed E-state index contributed by atoms with van der Waals surface area (Å²) in [6.07, 6.45) is 5.01. The molecule has 0 aromatic heterocycles. The molecule has 0 aliphatic carbocycles. The molecule has 0 unspecified atom stereocenters. The first-order valence-electron chi connectivity index (χ1n) is 8.00. The van der Waals surface area contributed by atoms with E-state index in [1.807, 2.05) is 18.2 Å². The SMILES string of the molecule is CNC(=O)c1ccccc1NC(=O)/C=C/C1=Cc2cc(Cl)ccc2OC1. The fraction of sp³-hybridized carbons (Fsp3) is 0.100. The Hall–Kier alpha value is -3.05. The largest absolute Gasteiger partial charge is 0.488 e. The van der Waals surface area contributed by atoms with E-state index in [0.717, 1.165) is 16.9 Å². The highest BCUT2D eigenvalue weighted by Gasteiger charge is 2.12. The van der Waals surface area contributed by atoms with Crippen LogP contribution in [0.2, 0.25) is 5.02 Å². The van der Waals surface area contributed by atoms with Crippen LogP contribution in [0.4, 0.5) is 5.69 Å². The van der Waals surface area contributed by atoms with Gasteiger partial charge in [0.15, 0.2) is 0 Å². The van der Waals surface area contributed by atoms with Crippen molar-refractivity contribution in [3.63, 3.8) is 0 Å². The molecule has 26 heavy (non-hydrogen) atoms. The average Bonchev–Trinajstić information content (AvgIpc) is 2.65. The van der Waals surface area contributed by atoms with Crippen LogP contribution in [0, 0.1) is 0 Å². The topological polar surface area (TPSA) is 67.4 Å². The predicted molar refractivity (Wildman–Crippen MR) is 103 cm³/mol. The molecule has 3 rings (SSSR count). The second-order valence-electron chi connectivity index (χ2n) is 5.64. The van der Waals surface area contributed by atoms with Gasteiger partial charge in [0.2, 0.25) is 5.91 Å². The van der Waals surface area contributed by atoms with E-state index in [1.165, 1.54) is 6.08 Å². The fourth-order valence-corrected chi connectivity index (χ4v) is 2.72. The number of rotatable bonds is 4. The number of halogens is 1. The number of hydrogen-bond donors (Lipinski definition) is 2. The molecule has 2 aromatic carbocycles. The lowest BCUT2D eigenvalue weighted by atomic mass is 10.1. The Balaban J connectivity index is 1.72. The zero-order valence-electron chi connectivity index (χ0n) is 14.1.